The maximum Gasteiger partial charge on any atom is 0.212 e. The lowest BCUT2D eigenvalue weighted by Crippen LogP contribution is -2.29. The van der Waals surface area contributed by atoms with Gasteiger partial charge < -0.3 is 4.98 Å². The largest absolute Gasteiger partial charge is 0.349 e. The highest BCUT2D eigenvalue weighted by molar-refractivity contribution is 7.89. The van der Waals surface area contributed by atoms with Crippen molar-refractivity contribution in [1.29, 1.82) is 0 Å². The van der Waals surface area contributed by atoms with E-state index in [4.69, 9.17) is 11.6 Å². The lowest BCUT2D eigenvalue weighted by atomic mass is 10.4. The number of hydrogen-bond acceptors (Lipinski definition) is 3. The zero-order chi connectivity index (χ0) is 10.4. The van der Waals surface area contributed by atoms with Gasteiger partial charge in [-0.1, -0.05) is 0 Å². The molecule has 0 saturated heterocycles. The van der Waals surface area contributed by atoms with Crippen LogP contribution in [0.2, 0.25) is 0 Å². The Bertz CT molecular complexity index is 349. The normalized spacial score (nSPS) is 11.8. The summed E-state index contributed by atoms with van der Waals surface area (Å²) in [5, 5.41) is 0. The standard InChI is InChI=1S/C7H12ClN3O2S/c8-2-6-14(12,13)11-3-1-7-9-4-5-10-7/h4-5,11H,1-3,6H2,(H,9,10). The van der Waals surface area contributed by atoms with Gasteiger partial charge in [-0.3, -0.25) is 0 Å². The van der Waals surface area contributed by atoms with Gasteiger partial charge in [0.05, 0.1) is 5.75 Å². The fourth-order valence-corrected chi connectivity index (χ4v) is 2.30. The molecule has 14 heavy (non-hydrogen) atoms. The Morgan fingerprint density at radius 1 is 1.57 bits per heavy atom. The number of rotatable bonds is 6. The van der Waals surface area contributed by atoms with Crippen LogP contribution >= 0.6 is 11.6 Å². The predicted molar refractivity (Wildman–Crippen MR) is 54.8 cm³/mol. The molecule has 80 valence electrons. The van der Waals surface area contributed by atoms with E-state index >= 15 is 0 Å². The SMILES string of the molecule is O=S(=O)(CCCl)NCCc1ncc[nH]1. The van der Waals surface area contributed by atoms with Crippen molar-refractivity contribution in [2.24, 2.45) is 0 Å². The average Bonchev–Trinajstić information content (AvgIpc) is 2.56. The molecule has 1 aromatic heterocycles. The summed E-state index contributed by atoms with van der Waals surface area (Å²) in [4.78, 5) is 6.85. The topological polar surface area (TPSA) is 74.8 Å². The van der Waals surface area contributed by atoms with Gasteiger partial charge in [0.2, 0.25) is 10.0 Å². The molecule has 0 bridgehead atoms. The van der Waals surface area contributed by atoms with E-state index in [1.807, 2.05) is 0 Å². The highest BCUT2D eigenvalue weighted by Gasteiger charge is 2.07. The van der Waals surface area contributed by atoms with E-state index in [1.165, 1.54) is 0 Å². The van der Waals surface area contributed by atoms with E-state index < -0.39 is 10.0 Å². The first kappa shape index (κ1) is 11.5. The van der Waals surface area contributed by atoms with Crippen molar-refractivity contribution in [2.75, 3.05) is 18.2 Å². The number of imidazole rings is 1. The number of nitrogens with zero attached hydrogens (tertiary/aromatic N) is 1. The quantitative estimate of drug-likeness (QED) is 0.690. The average molecular weight is 238 g/mol. The predicted octanol–water partition coefficient (Wildman–Crippen LogP) is 0.110. The van der Waals surface area contributed by atoms with E-state index in [1.54, 1.807) is 12.4 Å². The van der Waals surface area contributed by atoms with Crippen LogP contribution in [0.25, 0.3) is 0 Å². The minimum atomic E-state index is -3.21. The highest BCUT2D eigenvalue weighted by Crippen LogP contribution is 1.91. The second kappa shape index (κ2) is 5.33. The Morgan fingerprint density at radius 2 is 2.36 bits per heavy atom. The van der Waals surface area contributed by atoms with Gasteiger partial charge in [-0.2, -0.15) is 0 Å². The number of nitrogens with one attached hydrogen (secondary N) is 2. The zero-order valence-corrected chi connectivity index (χ0v) is 9.11. The minimum absolute atomic E-state index is 0.0489. The molecule has 0 aromatic carbocycles. The van der Waals surface area contributed by atoms with Crippen LogP contribution in [0.4, 0.5) is 0 Å². The van der Waals surface area contributed by atoms with Crippen molar-refractivity contribution >= 4 is 21.6 Å². The molecule has 0 atom stereocenters. The highest BCUT2D eigenvalue weighted by atomic mass is 35.5. The number of hydrogen-bond donors (Lipinski definition) is 2. The monoisotopic (exact) mass is 237 g/mol. The van der Waals surface area contributed by atoms with Crippen molar-refractivity contribution in [3.8, 4) is 0 Å². The third-order valence-electron chi connectivity index (χ3n) is 1.58. The maximum atomic E-state index is 11.1. The molecule has 0 saturated carbocycles. The minimum Gasteiger partial charge on any atom is -0.349 e. The van der Waals surface area contributed by atoms with Crippen LogP contribution in [0.15, 0.2) is 12.4 Å². The number of H-pyrrole nitrogens is 1. The second-order valence-electron chi connectivity index (χ2n) is 2.69. The number of aromatic amines is 1. The first-order chi connectivity index (χ1) is 6.64. The lowest BCUT2D eigenvalue weighted by Gasteiger charge is -2.02. The molecule has 0 amide bonds. The van der Waals surface area contributed by atoms with Crippen molar-refractivity contribution < 1.29 is 8.42 Å². The summed E-state index contributed by atoms with van der Waals surface area (Å²) < 4.78 is 24.7. The van der Waals surface area contributed by atoms with Crippen LogP contribution in [0.5, 0.6) is 0 Å². The number of sulfonamides is 1. The number of halogens is 1. The molecule has 0 fully saturated rings. The van der Waals surface area contributed by atoms with Crippen LogP contribution < -0.4 is 4.72 Å². The Balaban J connectivity index is 2.28. The summed E-state index contributed by atoms with van der Waals surface area (Å²) in [5.74, 6) is 0.821. The summed E-state index contributed by atoms with van der Waals surface area (Å²) in [5.41, 5.74) is 0. The van der Waals surface area contributed by atoms with Gasteiger partial charge in [-0.25, -0.2) is 18.1 Å². The molecule has 7 heteroatoms. The fourth-order valence-electron chi connectivity index (χ4n) is 0.933. The first-order valence-electron chi connectivity index (χ1n) is 4.15. The third-order valence-corrected chi connectivity index (χ3v) is 3.38. The molecule has 0 spiro atoms. The van der Waals surface area contributed by atoms with Crippen molar-refractivity contribution in [2.45, 2.75) is 6.42 Å². The van der Waals surface area contributed by atoms with Crippen LogP contribution in [-0.4, -0.2) is 36.6 Å². The maximum absolute atomic E-state index is 11.1. The molecule has 0 aliphatic rings. The van der Waals surface area contributed by atoms with Crippen LogP contribution in [0, 0.1) is 0 Å². The van der Waals surface area contributed by atoms with Gasteiger partial charge in [0.1, 0.15) is 5.82 Å². The Labute approximate surface area is 87.9 Å². The fraction of sp³-hybridized carbons (Fsp3) is 0.571. The molecule has 5 nitrogen and oxygen atoms in total. The third kappa shape index (κ3) is 4.08. The van der Waals surface area contributed by atoms with E-state index in [0.717, 1.165) is 5.82 Å². The Morgan fingerprint density at radius 3 is 2.93 bits per heavy atom. The van der Waals surface area contributed by atoms with Gasteiger partial charge in [0.25, 0.3) is 0 Å². The van der Waals surface area contributed by atoms with E-state index in [-0.39, 0.29) is 11.6 Å². The van der Waals surface area contributed by atoms with Crippen LogP contribution in [0.3, 0.4) is 0 Å². The van der Waals surface area contributed by atoms with Gasteiger partial charge in [-0.05, 0) is 0 Å². The first-order valence-corrected chi connectivity index (χ1v) is 6.34. The molecule has 2 N–H and O–H groups in total. The molecule has 0 aliphatic carbocycles. The summed E-state index contributed by atoms with van der Waals surface area (Å²) >= 11 is 5.33. The molecule has 0 unspecified atom stereocenters. The molecule has 0 aliphatic heterocycles. The molecule has 1 rings (SSSR count). The van der Waals surface area contributed by atoms with Crippen molar-refractivity contribution in [3.05, 3.63) is 18.2 Å². The molecule has 1 aromatic rings. The van der Waals surface area contributed by atoms with Gasteiger partial charge in [-0.15, -0.1) is 11.6 Å². The number of alkyl halides is 1. The van der Waals surface area contributed by atoms with Gasteiger partial charge >= 0.3 is 0 Å². The van der Waals surface area contributed by atoms with Gasteiger partial charge in [0, 0.05) is 31.2 Å². The number of aromatic nitrogens is 2. The summed E-state index contributed by atoms with van der Waals surface area (Å²) in [6.07, 6.45) is 3.87. The second-order valence-corrected chi connectivity index (χ2v) is 4.99. The van der Waals surface area contributed by atoms with Crippen molar-refractivity contribution in [1.82, 2.24) is 14.7 Å². The molecule has 1 heterocycles. The Kier molecular flexibility index (Phi) is 4.37. The molecular formula is C7H12ClN3O2S. The van der Waals surface area contributed by atoms with Crippen LogP contribution in [-0.2, 0) is 16.4 Å². The summed E-state index contributed by atoms with van der Waals surface area (Å²) in [6, 6.07) is 0. The summed E-state index contributed by atoms with van der Waals surface area (Å²) in [6.45, 7) is 0.340. The van der Waals surface area contributed by atoms with E-state index in [0.29, 0.717) is 13.0 Å². The van der Waals surface area contributed by atoms with Crippen LogP contribution in [0.1, 0.15) is 5.82 Å². The molecule has 0 radical (unpaired) electrons. The Hall–Kier alpha value is -0.590. The molecular weight excluding hydrogens is 226 g/mol. The lowest BCUT2D eigenvalue weighted by molar-refractivity contribution is 0.582. The van der Waals surface area contributed by atoms with Gasteiger partial charge in [0.15, 0.2) is 0 Å². The van der Waals surface area contributed by atoms with Crippen molar-refractivity contribution in [3.63, 3.8) is 0 Å². The zero-order valence-electron chi connectivity index (χ0n) is 7.53. The van der Waals surface area contributed by atoms with E-state index in [2.05, 4.69) is 14.7 Å². The smallest absolute Gasteiger partial charge is 0.212 e. The van der Waals surface area contributed by atoms with E-state index in [9.17, 15) is 8.42 Å². The summed E-state index contributed by atoms with van der Waals surface area (Å²) in [7, 11) is -3.21.